The molecule has 3 heterocycles. The van der Waals surface area contributed by atoms with Crippen LogP contribution >= 0.6 is 0 Å². The predicted octanol–water partition coefficient (Wildman–Crippen LogP) is 3.37. The Bertz CT molecular complexity index is 612. The monoisotopic (exact) mass is 348 g/mol. The lowest BCUT2D eigenvalue weighted by molar-refractivity contribution is -0.136. The van der Waals surface area contributed by atoms with Crippen LogP contribution in [0.25, 0.3) is 0 Å². The highest BCUT2D eigenvalue weighted by Crippen LogP contribution is 2.35. The van der Waals surface area contributed by atoms with Gasteiger partial charge in [0.15, 0.2) is 0 Å². The van der Waals surface area contributed by atoms with E-state index in [1.807, 2.05) is 17.0 Å². The van der Waals surface area contributed by atoms with E-state index in [0.29, 0.717) is 38.5 Å². The molecule has 2 atom stereocenters. The van der Waals surface area contributed by atoms with Crippen molar-refractivity contribution in [3.05, 3.63) is 23.7 Å². The summed E-state index contributed by atoms with van der Waals surface area (Å²) in [7, 11) is 0. The molecule has 6 nitrogen and oxygen atoms in total. The SMILES string of the molecule is CCc1ccc([C@@H]2C[C@@H](C)CCN2C(=O)CCCN2CCOC2=O)o1. The molecule has 0 unspecified atom stereocenters. The fourth-order valence-corrected chi connectivity index (χ4v) is 3.67. The van der Waals surface area contributed by atoms with E-state index in [2.05, 4.69) is 13.8 Å². The smallest absolute Gasteiger partial charge is 0.409 e. The van der Waals surface area contributed by atoms with E-state index in [0.717, 1.165) is 37.3 Å². The van der Waals surface area contributed by atoms with Crippen molar-refractivity contribution >= 4 is 12.0 Å². The predicted molar refractivity (Wildman–Crippen MR) is 93.1 cm³/mol. The maximum Gasteiger partial charge on any atom is 0.409 e. The number of nitrogens with zero attached hydrogens (tertiary/aromatic N) is 2. The normalized spacial score (nSPS) is 23.8. The van der Waals surface area contributed by atoms with Crippen molar-refractivity contribution in [3.63, 3.8) is 0 Å². The zero-order valence-electron chi connectivity index (χ0n) is 15.2. The minimum atomic E-state index is -0.264. The first-order chi connectivity index (χ1) is 12.1. The van der Waals surface area contributed by atoms with Crippen LogP contribution in [-0.2, 0) is 16.0 Å². The van der Waals surface area contributed by atoms with Gasteiger partial charge in [-0.05, 0) is 37.3 Å². The highest BCUT2D eigenvalue weighted by molar-refractivity contribution is 5.77. The molecule has 2 aliphatic heterocycles. The fourth-order valence-electron chi connectivity index (χ4n) is 3.67. The van der Waals surface area contributed by atoms with Crippen molar-refractivity contribution < 1.29 is 18.7 Å². The van der Waals surface area contributed by atoms with E-state index in [1.54, 1.807) is 4.90 Å². The zero-order valence-corrected chi connectivity index (χ0v) is 15.2. The number of cyclic esters (lactones) is 1. The average molecular weight is 348 g/mol. The van der Waals surface area contributed by atoms with Gasteiger partial charge in [0.2, 0.25) is 5.91 Å². The topological polar surface area (TPSA) is 63.0 Å². The molecule has 0 saturated carbocycles. The Morgan fingerprint density at radius 1 is 1.32 bits per heavy atom. The van der Waals surface area contributed by atoms with E-state index in [1.165, 1.54) is 0 Å². The second kappa shape index (κ2) is 7.93. The van der Waals surface area contributed by atoms with E-state index in [4.69, 9.17) is 9.15 Å². The Balaban J connectivity index is 1.59. The summed E-state index contributed by atoms with van der Waals surface area (Å²) in [5.74, 6) is 2.61. The third-order valence-electron chi connectivity index (χ3n) is 5.21. The van der Waals surface area contributed by atoms with Gasteiger partial charge in [0.05, 0.1) is 12.6 Å². The Hall–Kier alpha value is -1.98. The van der Waals surface area contributed by atoms with Gasteiger partial charge in [0.25, 0.3) is 0 Å². The van der Waals surface area contributed by atoms with Crippen molar-refractivity contribution in [1.29, 1.82) is 0 Å². The number of amides is 2. The van der Waals surface area contributed by atoms with E-state index in [9.17, 15) is 9.59 Å². The lowest BCUT2D eigenvalue weighted by Gasteiger charge is -2.37. The molecular formula is C19H28N2O4. The van der Waals surface area contributed by atoms with Crippen molar-refractivity contribution in [2.45, 2.75) is 52.0 Å². The first-order valence-electron chi connectivity index (χ1n) is 9.38. The molecule has 1 aromatic rings. The molecule has 0 aliphatic carbocycles. The number of ether oxygens (including phenoxy) is 1. The fraction of sp³-hybridized carbons (Fsp3) is 0.684. The third-order valence-corrected chi connectivity index (χ3v) is 5.21. The molecule has 2 saturated heterocycles. The second-order valence-corrected chi connectivity index (χ2v) is 7.10. The summed E-state index contributed by atoms with van der Waals surface area (Å²) in [5, 5.41) is 0. The third kappa shape index (κ3) is 4.17. The van der Waals surface area contributed by atoms with E-state index >= 15 is 0 Å². The number of furan rings is 1. The number of carbonyl (C=O) groups is 2. The lowest BCUT2D eigenvalue weighted by atomic mass is 9.90. The Labute approximate surface area is 149 Å². The maximum absolute atomic E-state index is 12.8. The summed E-state index contributed by atoms with van der Waals surface area (Å²) in [6.07, 6.45) is 3.70. The van der Waals surface area contributed by atoms with Crippen LogP contribution in [0.1, 0.15) is 57.1 Å². The maximum atomic E-state index is 12.8. The van der Waals surface area contributed by atoms with Gasteiger partial charge < -0.3 is 19.0 Å². The number of rotatable bonds is 6. The molecule has 6 heteroatoms. The number of hydrogen-bond acceptors (Lipinski definition) is 4. The molecule has 1 aromatic heterocycles. The molecule has 0 bridgehead atoms. The molecule has 2 fully saturated rings. The zero-order chi connectivity index (χ0) is 17.8. The molecule has 3 rings (SSSR count). The average Bonchev–Trinajstić information content (AvgIpc) is 3.24. The van der Waals surface area contributed by atoms with Gasteiger partial charge in [0.1, 0.15) is 18.1 Å². The molecule has 25 heavy (non-hydrogen) atoms. The van der Waals surface area contributed by atoms with Crippen LogP contribution in [0.2, 0.25) is 0 Å². The second-order valence-electron chi connectivity index (χ2n) is 7.10. The Morgan fingerprint density at radius 2 is 2.16 bits per heavy atom. The molecule has 0 N–H and O–H groups in total. The highest BCUT2D eigenvalue weighted by Gasteiger charge is 2.33. The quantitative estimate of drug-likeness (QED) is 0.791. The lowest BCUT2D eigenvalue weighted by Crippen LogP contribution is -2.40. The Kier molecular flexibility index (Phi) is 5.66. The standard InChI is InChI=1S/C19H28N2O4/c1-3-15-6-7-17(25-15)16-13-14(2)8-10-21(16)18(22)5-4-9-20-11-12-24-19(20)23/h6-7,14,16H,3-5,8-13H2,1-2H3/t14-,16-/m0/s1. The summed E-state index contributed by atoms with van der Waals surface area (Å²) in [5.41, 5.74) is 0. The molecule has 0 radical (unpaired) electrons. The van der Waals surface area contributed by atoms with Gasteiger partial charge in [-0.15, -0.1) is 0 Å². The van der Waals surface area contributed by atoms with Crippen LogP contribution in [0.5, 0.6) is 0 Å². The van der Waals surface area contributed by atoms with Gasteiger partial charge >= 0.3 is 6.09 Å². The largest absolute Gasteiger partial charge is 0.464 e. The van der Waals surface area contributed by atoms with E-state index in [-0.39, 0.29) is 18.0 Å². The summed E-state index contributed by atoms with van der Waals surface area (Å²) < 4.78 is 10.9. The van der Waals surface area contributed by atoms with Crippen LogP contribution in [0.4, 0.5) is 4.79 Å². The van der Waals surface area contributed by atoms with Gasteiger partial charge in [-0.3, -0.25) is 4.79 Å². The summed E-state index contributed by atoms with van der Waals surface area (Å²) >= 11 is 0. The minimum absolute atomic E-state index is 0.0355. The first kappa shape index (κ1) is 17.8. The molecule has 138 valence electrons. The van der Waals surface area contributed by atoms with Crippen LogP contribution < -0.4 is 0 Å². The molecule has 0 aromatic carbocycles. The van der Waals surface area contributed by atoms with Crippen LogP contribution in [0.3, 0.4) is 0 Å². The Morgan fingerprint density at radius 3 is 2.84 bits per heavy atom. The molecule has 2 amide bonds. The van der Waals surface area contributed by atoms with Crippen molar-refractivity contribution in [2.75, 3.05) is 26.2 Å². The number of carbonyl (C=O) groups excluding carboxylic acids is 2. The van der Waals surface area contributed by atoms with Crippen LogP contribution in [-0.4, -0.2) is 48.0 Å². The summed E-state index contributed by atoms with van der Waals surface area (Å²) in [4.78, 5) is 27.9. The first-order valence-corrected chi connectivity index (χ1v) is 9.38. The number of hydrogen-bond donors (Lipinski definition) is 0. The molecular weight excluding hydrogens is 320 g/mol. The van der Waals surface area contributed by atoms with Gasteiger partial charge in [-0.2, -0.15) is 0 Å². The number of piperidine rings is 1. The van der Waals surface area contributed by atoms with Crippen molar-refractivity contribution in [2.24, 2.45) is 5.92 Å². The van der Waals surface area contributed by atoms with Crippen molar-refractivity contribution in [3.8, 4) is 0 Å². The van der Waals surface area contributed by atoms with Crippen LogP contribution in [0.15, 0.2) is 16.5 Å². The van der Waals surface area contributed by atoms with Gasteiger partial charge in [0, 0.05) is 25.9 Å². The minimum Gasteiger partial charge on any atom is -0.464 e. The van der Waals surface area contributed by atoms with Crippen LogP contribution in [0, 0.1) is 5.92 Å². The summed E-state index contributed by atoms with van der Waals surface area (Å²) in [6, 6.07) is 4.06. The van der Waals surface area contributed by atoms with Gasteiger partial charge in [-0.1, -0.05) is 13.8 Å². The number of likely N-dealkylation sites (tertiary alicyclic amines) is 1. The highest BCUT2D eigenvalue weighted by atomic mass is 16.6. The molecule has 0 spiro atoms. The van der Waals surface area contributed by atoms with E-state index < -0.39 is 0 Å². The number of aryl methyl sites for hydroxylation is 1. The molecule has 2 aliphatic rings. The van der Waals surface area contributed by atoms with Gasteiger partial charge in [-0.25, -0.2) is 4.79 Å². The van der Waals surface area contributed by atoms with Crippen molar-refractivity contribution in [1.82, 2.24) is 9.80 Å². The summed E-state index contributed by atoms with van der Waals surface area (Å²) in [6.45, 7) is 6.74.